The average Bonchev–Trinajstić information content (AvgIpc) is 3.39. The number of hydrogen-bond donors (Lipinski definition) is 1. The number of carbonyl (C=O) groups excluding carboxylic acids is 1. The molecule has 9 heteroatoms. The zero-order valence-electron chi connectivity index (χ0n) is 22.7. The molecule has 1 fully saturated rings. The van der Waals surface area contributed by atoms with Gasteiger partial charge in [-0.3, -0.25) is 9.69 Å². The first-order valence-electron chi connectivity index (χ1n) is 13.3. The molecule has 1 amide bonds. The molecule has 0 saturated carbocycles. The fraction of sp³-hybridized carbons (Fsp3) is 0.483. The number of benzene rings is 2. The number of aromatic nitrogens is 2. The van der Waals surface area contributed by atoms with E-state index >= 15 is 0 Å². The van der Waals surface area contributed by atoms with Gasteiger partial charge < -0.3 is 24.1 Å². The van der Waals surface area contributed by atoms with Crippen molar-refractivity contribution in [3.8, 4) is 28.6 Å². The smallest absolute Gasteiger partial charge is 0.241 e. The van der Waals surface area contributed by atoms with E-state index in [-0.39, 0.29) is 17.9 Å². The van der Waals surface area contributed by atoms with Crippen LogP contribution in [0.2, 0.25) is 0 Å². The van der Waals surface area contributed by atoms with Crippen LogP contribution in [0.25, 0.3) is 11.4 Å². The molecule has 3 aromatic rings. The molecule has 204 valence electrons. The topological polar surface area (TPSA) is 99.0 Å². The summed E-state index contributed by atoms with van der Waals surface area (Å²) in [6, 6.07) is 13.7. The van der Waals surface area contributed by atoms with Crippen molar-refractivity contribution in [2.75, 3.05) is 33.9 Å². The van der Waals surface area contributed by atoms with Gasteiger partial charge in [-0.15, -0.1) is 0 Å². The number of likely N-dealkylation sites (tertiary alicyclic amines) is 1. The molecule has 2 heterocycles. The molecule has 38 heavy (non-hydrogen) atoms. The second-order valence-corrected chi connectivity index (χ2v) is 9.86. The zero-order valence-corrected chi connectivity index (χ0v) is 22.7. The van der Waals surface area contributed by atoms with Crippen molar-refractivity contribution in [1.82, 2.24) is 20.4 Å². The lowest BCUT2D eigenvalue weighted by molar-refractivity contribution is -0.126. The first kappa shape index (κ1) is 27.4. The minimum absolute atomic E-state index is 0.0375. The fourth-order valence-electron chi connectivity index (χ4n) is 4.67. The molecule has 1 saturated heterocycles. The molecule has 1 aromatic heterocycles. The maximum Gasteiger partial charge on any atom is 0.241 e. The number of amides is 1. The molecule has 0 bridgehead atoms. The van der Waals surface area contributed by atoms with E-state index in [1.165, 1.54) is 5.56 Å². The Labute approximate surface area is 224 Å². The van der Waals surface area contributed by atoms with Gasteiger partial charge in [-0.25, -0.2) is 0 Å². The van der Waals surface area contributed by atoms with E-state index < -0.39 is 0 Å². The van der Waals surface area contributed by atoms with E-state index in [2.05, 4.69) is 32.5 Å². The van der Waals surface area contributed by atoms with Gasteiger partial charge in [-0.2, -0.15) is 4.98 Å². The highest BCUT2D eigenvalue weighted by atomic mass is 16.5. The summed E-state index contributed by atoms with van der Waals surface area (Å²) >= 11 is 0. The number of piperidine rings is 1. The van der Waals surface area contributed by atoms with Gasteiger partial charge in [0.1, 0.15) is 5.75 Å². The van der Waals surface area contributed by atoms with Gasteiger partial charge in [-0.1, -0.05) is 17.3 Å². The number of hydrogen-bond acceptors (Lipinski definition) is 8. The van der Waals surface area contributed by atoms with Crippen molar-refractivity contribution in [3.05, 3.63) is 53.9 Å². The normalized spacial score (nSPS) is 15.9. The van der Waals surface area contributed by atoms with Crippen LogP contribution >= 0.6 is 0 Å². The number of methoxy groups -OCH3 is 2. The summed E-state index contributed by atoms with van der Waals surface area (Å²) in [6.45, 7) is 6.79. The van der Waals surface area contributed by atoms with Crippen molar-refractivity contribution >= 4 is 5.91 Å². The first-order chi connectivity index (χ1) is 18.4. The maximum absolute atomic E-state index is 12.8. The van der Waals surface area contributed by atoms with Gasteiger partial charge in [0, 0.05) is 18.7 Å². The molecule has 1 unspecified atom stereocenters. The van der Waals surface area contributed by atoms with Crippen molar-refractivity contribution in [3.63, 3.8) is 0 Å². The number of rotatable bonds is 12. The van der Waals surface area contributed by atoms with Crippen molar-refractivity contribution in [2.24, 2.45) is 5.92 Å². The van der Waals surface area contributed by atoms with Crippen LogP contribution in [-0.2, 0) is 17.8 Å². The lowest BCUT2D eigenvalue weighted by atomic mass is 9.97. The molecule has 0 spiro atoms. The minimum atomic E-state index is -0.0375. The quantitative estimate of drug-likeness (QED) is 0.347. The van der Waals surface area contributed by atoms with Crippen LogP contribution in [-0.4, -0.2) is 60.9 Å². The third kappa shape index (κ3) is 7.47. The minimum Gasteiger partial charge on any atom is -0.493 e. The summed E-state index contributed by atoms with van der Waals surface area (Å²) in [5, 5.41) is 7.26. The Morgan fingerprint density at radius 3 is 2.66 bits per heavy atom. The van der Waals surface area contributed by atoms with E-state index in [0.29, 0.717) is 42.8 Å². The molecular weight excluding hydrogens is 484 g/mol. The summed E-state index contributed by atoms with van der Waals surface area (Å²) < 4.78 is 21.9. The molecule has 1 atom stereocenters. The molecule has 1 aliphatic heterocycles. The van der Waals surface area contributed by atoms with Gasteiger partial charge >= 0.3 is 0 Å². The standard InChI is InChI=1S/C29H38N4O5/c1-20(2)37-24-12-9-21(10-13-24)7-5-15-30-29(34)23-8-6-16-33(18-23)19-27-31-28(32-38-27)22-11-14-25(35-3)26(17-22)36-4/h9-14,17,20,23H,5-8,15-16,18-19H2,1-4H3,(H,30,34). The molecule has 9 nitrogen and oxygen atoms in total. The van der Waals surface area contributed by atoms with Gasteiger partial charge in [0.15, 0.2) is 11.5 Å². The number of carbonyl (C=O) groups is 1. The predicted molar refractivity (Wildman–Crippen MR) is 144 cm³/mol. The van der Waals surface area contributed by atoms with Crippen LogP contribution in [0.3, 0.4) is 0 Å². The van der Waals surface area contributed by atoms with E-state index in [9.17, 15) is 4.79 Å². The monoisotopic (exact) mass is 522 g/mol. The Morgan fingerprint density at radius 2 is 1.92 bits per heavy atom. The molecule has 1 aliphatic rings. The highest BCUT2D eigenvalue weighted by Gasteiger charge is 2.26. The summed E-state index contributed by atoms with van der Waals surface area (Å²) in [5.41, 5.74) is 2.03. The molecule has 1 N–H and O–H groups in total. The summed E-state index contributed by atoms with van der Waals surface area (Å²) in [4.78, 5) is 19.6. The highest BCUT2D eigenvalue weighted by Crippen LogP contribution is 2.31. The molecular formula is C29H38N4O5. The summed E-state index contributed by atoms with van der Waals surface area (Å²) in [5.74, 6) is 3.24. The molecule has 0 radical (unpaired) electrons. The lowest BCUT2D eigenvalue weighted by Crippen LogP contribution is -2.43. The van der Waals surface area contributed by atoms with Crippen LogP contribution in [0.1, 0.15) is 44.6 Å². The average molecular weight is 523 g/mol. The van der Waals surface area contributed by atoms with E-state index in [4.69, 9.17) is 18.7 Å². The third-order valence-corrected chi connectivity index (χ3v) is 6.58. The van der Waals surface area contributed by atoms with Gasteiger partial charge in [0.25, 0.3) is 0 Å². The van der Waals surface area contributed by atoms with Crippen LogP contribution in [0.15, 0.2) is 47.0 Å². The Hall–Kier alpha value is -3.59. The van der Waals surface area contributed by atoms with E-state index in [1.807, 2.05) is 44.2 Å². The predicted octanol–water partition coefficient (Wildman–Crippen LogP) is 4.50. The number of ether oxygens (including phenoxy) is 3. The third-order valence-electron chi connectivity index (χ3n) is 6.58. The zero-order chi connectivity index (χ0) is 26.9. The second kappa shape index (κ2) is 13.3. The SMILES string of the molecule is COc1ccc(-c2noc(CN3CCCC(C(=O)NCCCc4ccc(OC(C)C)cc4)C3)n2)cc1OC. The summed E-state index contributed by atoms with van der Waals surface area (Å²) in [7, 11) is 3.19. The van der Waals surface area contributed by atoms with Gasteiger partial charge in [0.05, 0.1) is 32.8 Å². The Kier molecular flexibility index (Phi) is 9.59. The van der Waals surface area contributed by atoms with Crippen molar-refractivity contribution < 1.29 is 23.5 Å². The maximum atomic E-state index is 12.8. The Morgan fingerprint density at radius 1 is 1.13 bits per heavy atom. The first-order valence-corrected chi connectivity index (χ1v) is 13.3. The fourth-order valence-corrected chi connectivity index (χ4v) is 4.67. The van der Waals surface area contributed by atoms with Crippen LogP contribution < -0.4 is 19.5 Å². The second-order valence-electron chi connectivity index (χ2n) is 9.86. The number of nitrogens with zero attached hydrogens (tertiary/aromatic N) is 3. The van der Waals surface area contributed by atoms with Gasteiger partial charge in [0.2, 0.25) is 17.6 Å². The van der Waals surface area contributed by atoms with Crippen molar-refractivity contribution in [1.29, 1.82) is 0 Å². The van der Waals surface area contributed by atoms with Crippen LogP contribution in [0.5, 0.6) is 17.2 Å². The molecule has 2 aromatic carbocycles. The highest BCUT2D eigenvalue weighted by molar-refractivity contribution is 5.78. The van der Waals surface area contributed by atoms with Gasteiger partial charge in [-0.05, 0) is 82.0 Å². The molecule has 4 rings (SSSR count). The van der Waals surface area contributed by atoms with Crippen molar-refractivity contribution in [2.45, 2.75) is 52.2 Å². The van der Waals surface area contributed by atoms with E-state index in [0.717, 1.165) is 43.5 Å². The Bertz CT molecular complexity index is 1180. The van der Waals surface area contributed by atoms with Crippen LogP contribution in [0, 0.1) is 5.92 Å². The number of nitrogens with one attached hydrogen (secondary N) is 1. The Balaban J connectivity index is 1.22. The summed E-state index contributed by atoms with van der Waals surface area (Å²) in [6.07, 6.45) is 3.83. The van der Waals surface area contributed by atoms with E-state index in [1.54, 1.807) is 14.2 Å². The largest absolute Gasteiger partial charge is 0.493 e. The molecule has 0 aliphatic carbocycles. The van der Waals surface area contributed by atoms with Crippen LogP contribution in [0.4, 0.5) is 0 Å². The lowest BCUT2D eigenvalue weighted by Gasteiger charge is -2.30. The number of aryl methyl sites for hydroxylation is 1.